The van der Waals surface area contributed by atoms with Crippen molar-refractivity contribution in [3.8, 4) is 23.0 Å². The van der Waals surface area contributed by atoms with Gasteiger partial charge in [0.2, 0.25) is 20.0 Å². The number of hydrogen-bond donors (Lipinski definition) is 2. The number of nitrogens with zero attached hydrogens (tertiary/aromatic N) is 5. The molecule has 0 aliphatic carbocycles. The number of sulfonamides is 2. The van der Waals surface area contributed by atoms with Crippen molar-refractivity contribution in [2.75, 3.05) is 90.6 Å². The van der Waals surface area contributed by atoms with Gasteiger partial charge in [0, 0.05) is 64.5 Å². The molecule has 454 valence electrons. The number of piperidine rings is 1. The maximum Gasteiger partial charge on any atom is 0.264 e. The average molecular weight is 1250 g/mol. The monoisotopic (exact) mass is 1250 g/mol. The number of carbonyl (C=O) groups is 4. The standard InChI is InChI=1S/C33H36N4O7S2.C29H33N3O6S2/c1-42-28-11-10-24(20-29(28)43-2)26(8-4-13-34-46(40,41)30-9-5-19-45-30)37-32(38)25-6-3-7-27(31(25)33(37)39)36-16-14-35(15-17-36)21-23-12-18-44-22-23;1-37-24-14-13-20(19-25(24)38-2)22(11-7-15-30-40(35,36)26-12-8-18-39-26)32-28(33)21-9-6-10-23(27(21)29(32)34)31-16-4-3-5-17-31/h3,5-7,9-12,18-20,22,26,34H,4,8,13-17,21H2,1-2H3;6,8-10,12-14,18-19,22,30H,3-5,7,11,15-17H2,1-2H3/t26-;22-/m11/s1. The number of methoxy groups -OCH3 is 4. The summed E-state index contributed by atoms with van der Waals surface area (Å²) in [5.41, 5.74) is 5.66. The van der Waals surface area contributed by atoms with Crippen molar-refractivity contribution in [2.45, 2.75) is 72.0 Å². The van der Waals surface area contributed by atoms with Gasteiger partial charge >= 0.3 is 0 Å². The lowest BCUT2D eigenvalue weighted by atomic mass is 9.99. The Balaban J connectivity index is 0.000000193. The second-order valence-electron chi connectivity index (χ2n) is 21.0. The van der Waals surface area contributed by atoms with E-state index in [1.54, 1.807) is 91.1 Å². The summed E-state index contributed by atoms with van der Waals surface area (Å²) in [6.45, 7) is 5.81. The molecule has 2 N–H and O–H groups in total. The number of rotatable bonds is 24. The van der Waals surface area contributed by atoms with Crippen LogP contribution in [0.25, 0.3) is 0 Å². The van der Waals surface area contributed by atoms with Gasteiger partial charge < -0.3 is 33.2 Å². The van der Waals surface area contributed by atoms with Crippen LogP contribution in [-0.2, 0) is 26.6 Å². The van der Waals surface area contributed by atoms with Gasteiger partial charge in [0.1, 0.15) is 8.42 Å². The lowest BCUT2D eigenvalue weighted by Gasteiger charge is -2.36. The van der Waals surface area contributed by atoms with Crippen LogP contribution in [0.1, 0.15) is 115 Å². The molecule has 2 fully saturated rings. The van der Waals surface area contributed by atoms with Crippen LogP contribution < -0.4 is 38.2 Å². The first-order valence-corrected chi connectivity index (χ1v) is 33.1. The number of fused-ring (bicyclic) bond motifs is 2. The third-order valence-electron chi connectivity index (χ3n) is 15.9. The highest BCUT2D eigenvalue weighted by molar-refractivity contribution is 7.91. The largest absolute Gasteiger partial charge is 0.493 e. The van der Waals surface area contributed by atoms with Crippen LogP contribution in [0.15, 0.2) is 139 Å². The van der Waals surface area contributed by atoms with Gasteiger partial charge in [0.15, 0.2) is 23.0 Å². The Kier molecular flexibility index (Phi) is 19.6. The maximum absolute atomic E-state index is 14.3. The number of ether oxygens (including phenoxy) is 4. The molecule has 4 aromatic carbocycles. The molecular formula is C62H69N7O13S4. The van der Waals surface area contributed by atoms with Crippen molar-refractivity contribution in [2.24, 2.45) is 0 Å². The molecular weight excluding hydrogens is 1180 g/mol. The van der Waals surface area contributed by atoms with E-state index in [2.05, 4.69) is 24.1 Å². The van der Waals surface area contributed by atoms with E-state index in [0.29, 0.717) is 95.2 Å². The zero-order chi connectivity index (χ0) is 60.5. The lowest BCUT2D eigenvalue weighted by molar-refractivity contribution is 0.0557. The molecule has 20 nitrogen and oxygen atoms in total. The molecule has 4 aliphatic heterocycles. The highest BCUT2D eigenvalue weighted by Crippen LogP contribution is 2.43. The molecule has 86 heavy (non-hydrogen) atoms. The Bertz CT molecular complexity index is 3750. The lowest BCUT2D eigenvalue weighted by Crippen LogP contribution is -2.46. The Hall–Kier alpha value is -7.58. The second-order valence-corrected chi connectivity index (χ2v) is 26.9. The number of benzene rings is 4. The summed E-state index contributed by atoms with van der Waals surface area (Å²) in [7, 11) is -1.13. The fraction of sp³-hybridized carbons (Fsp3) is 0.355. The van der Waals surface area contributed by atoms with E-state index in [1.807, 2.05) is 42.5 Å². The SMILES string of the molecule is COc1ccc([C@@H](CCCNS(=O)(=O)c2cccs2)N2C(=O)c3cccc(N4CCCCC4)c3C2=O)cc1OC.COc1ccc([C@@H](CCCNS(=O)(=O)c2cccs2)N2C(=O)c3cccc(N4CCN(Cc5ccoc5)CC4)c3C2=O)cc1OC. The topological polar surface area (TPSA) is 227 Å². The van der Waals surface area contributed by atoms with Crippen LogP contribution in [0.5, 0.6) is 23.0 Å². The first kappa shape index (κ1) is 61.5. The zero-order valence-corrected chi connectivity index (χ0v) is 51.5. The van der Waals surface area contributed by atoms with E-state index in [4.69, 9.17) is 23.4 Å². The number of carbonyl (C=O) groups excluding carboxylic acids is 4. The summed E-state index contributed by atoms with van der Waals surface area (Å²) in [4.78, 5) is 65.5. The van der Waals surface area contributed by atoms with E-state index in [0.717, 1.165) is 91.6 Å². The molecule has 0 spiro atoms. The molecule has 0 saturated carbocycles. The smallest absolute Gasteiger partial charge is 0.264 e. The zero-order valence-electron chi connectivity index (χ0n) is 48.3. The molecule has 4 amide bonds. The molecule has 3 aromatic heterocycles. The molecule has 0 bridgehead atoms. The minimum Gasteiger partial charge on any atom is -0.493 e. The number of thiophene rings is 2. The highest BCUT2D eigenvalue weighted by atomic mass is 32.3. The first-order chi connectivity index (χ1) is 41.7. The molecule has 7 aromatic rings. The summed E-state index contributed by atoms with van der Waals surface area (Å²) >= 11 is 2.29. The molecule has 0 unspecified atom stereocenters. The van der Waals surface area contributed by atoms with Crippen molar-refractivity contribution in [1.82, 2.24) is 24.1 Å². The van der Waals surface area contributed by atoms with Crippen molar-refractivity contribution < 1.29 is 59.4 Å². The molecule has 0 radical (unpaired) electrons. The average Bonchev–Trinajstić information content (AvgIpc) is 1.91. The van der Waals surface area contributed by atoms with E-state index >= 15 is 0 Å². The Morgan fingerprint density at radius 3 is 1.41 bits per heavy atom. The van der Waals surface area contributed by atoms with Crippen LogP contribution >= 0.6 is 22.7 Å². The fourth-order valence-electron chi connectivity index (χ4n) is 11.6. The minimum absolute atomic E-state index is 0.140. The van der Waals surface area contributed by atoms with Crippen molar-refractivity contribution >= 4 is 77.7 Å². The Morgan fingerprint density at radius 1 is 0.523 bits per heavy atom. The predicted molar refractivity (Wildman–Crippen MR) is 328 cm³/mol. The van der Waals surface area contributed by atoms with Crippen LogP contribution in [0.3, 0.4) is 0 Å². The quantitative estimate of drug-likeness (QED) is 0.0424. The molecule has 11 rings (SSSR count). The van der Waals surface area contributed by atoms with Gasteiger partial charge in [-0.3, -0.25) is 33.9 Å². The third kappa shape index (κ3) is 13.2. The predicted octanol–water partition coefficient (Wildman–Crippen LogP) is 9.63. The van der Waals surface area contributed by atoms with E-state index in [1.165, 1.54) is 31.1 Å². The molecule has 2 saturated heterocycles. The molecule has 7 heterocycles. The number of amides is 4. The van der Waals surface area contributed by atoms with E-state index in [9.17, 15) is 36.0 Å². The third-order valence-corrected chi connectivity index (χ3v) is 21.6. The summed E-state index contributed by atoms with van der Waals surface area (Å²) in [5, 5.41) is 3.42. The molecule has 24 heteroatoms. The number of furan rings is 1. The number of nitrogens with one attached hydrogen (secondary N) is 2. The summed E-state index contributed by atoms with van der Waals surface area (Å²) in [6.07, 6.45) is 8.13. The van der Waals surface area contributed by atoms with Crippen LogP contribution in [0, 0.1) is 0 Å². The van der Waals surface area contributed by atoms with Gasteiger partial charge in [-0.15, -0.1) is 22.7 Å². The molecule has 2 atom stereocenters. The normalized spacial score (nSPS) is 16.2. The van der Waals surface area contributed by atoms with Gasteiger partial charge in [-0.2, -0.15) is 0 Å². The number of imide groups is 2. The highest BCUT2D eigenvalue weighted by Gasteiger charge is 2.45. The second kappa shape index (κ2) is 27.4. The van der Waals surface area contributed by atoms with E-state index in [-0.39, 0.29) is 45.1 Å². The fourth-order valence-corrected chi connectivity index (χ4v) is 15.8. The van der Waals surface area contributed by atoms with Crippen molar-refractivity contribution in [3.63, 3.8) is 0 Å². The van der Waals surface area contributed by atoms with Crippen molar-refractivity contribution in [1.29, 1.82) is 0 Å². The number of anilines is 2. The molecule has 4 aliphatic rings. The van der Waals surface area contributed by atoms with Crippen molar-refractivity contribution in [3.05, 3.63) is 165 Å². The van der Waals surface area contributed by atoms with Gasteiger partial charge in [-0.1, -0.05) is 36.4 Å². The van der Waals surface area contributed by atoms with Gasteiger partial charge in [0.25, 0.3) is 23.6 Å². The van der Waals surface area contributed by atoms with Crippen LogP contribution in [0.4, 0.5) is 11.4 Å². The van der Waals surface area contributed by atoms with Crippen LogP contribution in [0.2, 0.25) is 0 Å². The Morgan fingerprint density at radius 2 is 0.988 bits per heavy atom. The van der Waals surface area contributed by atoms with Gasteiger partial charge in [0.05, 0.1) is 86.7 Å². The van der Waals surface area contributed by atoms with Crippen LogP contribution in [-0.4, -0.2) is 136 Å². The summed E-state index contributed by atoms with van der Waals surface area (Å²) in [5.74, 6) is 0.574. The maximum atomic E-state index is 14.3. The van der Waals surface area contributed by atoms with Gasteiger partial charge in [-0.05, 0) is 134 Å². The Labute approximate surface area is 509 Å². The summed E-state index contributed by atoms with van der Waals surface area (Å²) < 4.78 is 83.4. The van der Waals surface area contributed by atoms with E-state index < -0.39 is 32.1 Å². The number of piperazine rings is 1. The first-order valence-electron chi connectivity index (χ1n) is 28.4. The van der Waals surface area contributed by atoms with Gasteiger partial charge in [-0.25, -0.2) is 26.3 Å². The number of hydrogen-bond acceptors (Lipinski definition) is 18. The summed E-state index contributed by atoms with van der Waals surface area (Å²) in [6, 6.07) is 28.7. The minimum atomic E-state index is -3.65.